The van der Waals surface area contributed by atoms with Crippen molar-refractivity contribution in [2.75, 3.05) is 7.11 Å². The molecule has 0 bridgehead atoms. The number of ether oxygens (including phenoxy) is 1. The molecule has 0 aromatic heterocycles. The molecule has 0 amide bonds. The number of carbonyl (C=O) groups excluding carboxylic acids is 1. The smallest absolute Gasteiger partial charge is 0.197 e. The lowest BCUT2D eigenvalue weighted by Gasteiger charge is -2.40. The molecule has 0 saturated carbocycles. The third-order valence-electron chi connectivity index (χ3n) is 4.71. The molecule has 0 N–H and O–H groups in total. The van der Waals surface area contributed by atoms with E-state index >= 15 is 0 Å². The number of benzene rings is 2. The van der Waals surface area contributed by atoms with E-state index in [1.807, 2.05) is 48.6 Å². The predicted octanol–water partition coefficient (Wildman–Crippen LogP) is 5.33. The third kappa shape index (κ3) is 2.22. The molecule has 0 aliphatic heterocycles. The number of halogens is 1. The first-order chi connectivity index (χ1) is 11.6. The Morgan fingerprint density at radius 3 is 2.42 bits per heavy atom. The van der Waals surface area contributed by atoms with Crippen LogP contribution in [0.4, 0.5) is 0 Å². The van der Waals surface area contributed by atoms with Crippen LogP contribution in [0.5, 0.6) is 5.75 Å². The average Bonchev–Trinajstić information content (AvgIpc) is 2.59. The second-order valence-corrected chi connectivity index (χ2v) is 6.35. The summed E-state index contributed by atoms with van der Waals surface area (Å²) in [5.41, 5.74) is 2.56. The number of hydrogen-bond acceptors (Lipinski definition) is 2. The summed E-state index contributed by atoms with van der Waals surface area (Å²) in [6, 6.07) is 11.2. The zero-order chi connectivity index (χ0) is 17.3. The molecular weight excluding hydrogens is 320 g/mol. The molecule has 0 unspecified atom stereocenters. The van der Waals surface area contributed by atoms with Gasteiger partial charge in [-0.3, -0.25) is 4.79 Å². The first kappa shape index (κ1) is 16.5. The van der Waals surface area contributed by atoms with Crippen molar-refractivity contribution in [2.24, 2.45) is 0 Å². The maximum absolute atomic E-state index is 13.1. The average molecular weight is 339 g/mol. The number of methoxy groups -OCH3 is 1. The Morgan fingerprint density at radius 2 is 1.79 bits per heavy atom. The van der Waals surface area contributed by atoms with Crippen LogP contribution in [-0.2, 0) is 5.41 Å². The standard InChI is InChI=1S/C21H19ClO2/c1-4-12-21(13-5-2)15-9-7-11-17(24-3)18(15)20(23)14-8-6-10-16(22)19(14)21/h4-11H,1-2,12-13H2,3H3. The van der Waals surface area contributed by atoms with Crippen molar-refractivity contribution in [2.45, 2.75) is 18.3 Å². The number of fused-ring (bicyclic) bond motifs is 2. The second-order valence-electron chi connectivity index (χ2n) is 5.94. The zero-order valence-corrected chi connectivity index (χ0v) is 14.4. The molecular formula is C21H19ClO2. The van der Waals surface area contributed by atoms with Crippen molar-refractivity contribution < 1.29 is 9.53 Å². The van der Waals surface area contributed by atoms with Crippen LogP contribution in [0.15, 0.2) is 61.7 Å². The molecule has 0 fully saturated rings. The van der Waals surface area contributed by atoms with Gasteiger partial charge in [0.1, 0.15) is 5.75 Å². The molecule has 0 heterocycles. The summed E-state index contributed by atoms with van der Waals surface area (Å²) in [6.07, 6.45) is 5.05. The van der Waals surface area contributed by atoms with Gasteiger partial charge in [0, 0.05) is 16.0 Å². The summed E-state index contributed by atoms with van der Waals surface area (Å²) in [6.45, 7) is 7.85. The number of allylic oxidation sites excluding steroid dienone is 2. The number of hydrogen-bond donors (Lipinski definition) is 0. The molecule has 0 atom stereocenters. The van der Waals surface area contributed by atoms with Crippen LogP contribution < -0.4 is 4.74 Å². The van der Waals surface area contributed by atoms with Gasteiger partial charge < -0.3 is 4.74 Å². The lowest BCUT2D eigenvalue weighted by Crippen LogP contribution is -2.36. The monoisotopic (exact) mass is 338 g/mol. The normalized spacial score (nSPS) is 14.5. The second kappa shape index (κ2) is 6.29. The molecule has 122 valence electrons. The fraction of sp³-hybridized carbons (Fsp3) is 0.190. The first-order valence-electron chi connectivity index (χ1n) is 7.83. The Bertz CT molecular complexity index is 826. The minimum absolute atomic E-state index is 0.0521. The summed E-state index contributed by atoms with van der Waals surface area (Å²) in [5, 5.41) is 0.595. The van der Waals surface area contributed by atoms with Crippen LogP contribution in [0.25, 0.3) is 0 Å². The molecule has 0 saturated heterocycles. The van der Waals surface area contributed by atoms with E-state index in [2.05, 4.69) is 13.2 Å². The van der Waals surface area contributed by atoms with E-state index in [0.717, 1.165) is 11.1 Å². The Morgan fingerprint density at radius 1 is 1.12 bits per heavy atom. The van der Waals surface area contributed by atoms with E-state index in [-0.39, 0.29) is 5.78 Å². The number of ketones is 1. The van der Waals surface area contributed by atoms with Gasteiger partial charge in [0.2, 0.25) is 0 Å². The van der Waals surface area contributed by atoms with Crippen LogP contribution in [0.3, 0.4) is 0 Å². The lowest BCUT2D eigenvalue weighted by atomic mass is 9.62. The fourth-order valence-corrected chi connectivity index (χ4v) is 4.16. The Balaban J connectivity index is 2.46. The van der Waals surface area contributed by atoms with Gasteiger partial charge in [-0.15, -0.1) is 13.2 Å². The maximum atomic E-state index is 13.1. The van der Waals surface area contributed by atoms with Gasteiger partial charge in [0.15, 0.2) is 5.78 Å². The van der Waals surface area contributed by atoms with E-state index in [9.17, 15) is 4.79 Å². The summed E-state index contributed by atoms with van der Waals surface area (Å²) < 4.78 is 5.47. The van der Waals surface area contributed by atoms with Crippen LogP contribution in [0.1, 0.15) is 39.9 Å². The number of carbonyl (C=O) groups is 1. The van der Waals surface area contributed by atoms with Gasteiger partial charge >= 0.3 is 0 Å². The third-order valence-corrected chi connectivity index (χ3v) is 5.03. The van der Waals surface area contributed by atoms with Crippen LogP contribution in [-0.4, -0.2) is 12.9 Å². The minimum atomic E-state index is -0.463. The predicted molar refractivity (Wildman–Crippen MR) is 98.3 cm³/mol. The quantitative estimate of drug-likeness (QED) is 0.688. The highest BCUT2D eigenvalue weighted by Crippen LogP contribution is 2.51. The van der Waals surface area contributed by atoms with E-state index in [0.29, 0.717) is 34.7 Å². The van der Waals surface area contributed by atoms with Gasteiger partial charge in [-0.1, -0.05) is 48.0 Å². The Hall–Kier alpha value is -2.32. The molecule has 0 spiro atoms. The largest absolute Gasteiger partial charge is 0.496 e. The molecule has 1 aliphatic carbocycles. The van der Waals surface area contributed by atoms with E-state index < -0.39 is 5.41 Å². The molecule has 3 rings (SSSR count). The molecule has 2 nitrogen and oxygen atoms in total. The van der Waals surface area contributed by atoms with Gasteiger partial charge in [-0.05, 0) is 36.1 Å². The first-order valence-corrected chi connectivity index (χ1v) is 8.21. The minimum Gasteiger partial charge on any atom is -0.496 e. The van der Waals surface area contributed by atoms with Gasteiger partial charge in [0.05, 0.1) is 12.7 Å². The maximum Gasteiger partial charge on any atom is 0.197 e. The van der Waals surface area contributed by atoms with Crippen molar-refractivity contribution in [1.29, 1.82) is 0 Å². The van der Waals surface area contributed by atoms with Crippen LogP contribution in [0, 0.1) is 0 Å². The van der Waals surface area contributed by atoms with Crippen molar-refractivity contribution in [1.82, 2.24) is 0 Å². The summed E-state index contributed by atoms with van der Waals surface area (Å²) in [7, 11) is 1.58. The summed E-state index contributed by atoms with van der Waals surface area (Å²) in [5.74, 6) is 0.532. The molecule has 1 aliphatic rings. The molecule has 2 aromatic carbocycles. The van der Waals surface area contributed by atoms with E-state index in [1.165, 1.54) is 0 Å². The highest BCUT2D eigenvalue weighted by Gasteiger charge is 2.44. The fourth-order valence-electron chi connectivity index (χ4n) is 3.80. The zero-order valence-electron chi connectivity index (χ0n) is 13.6. The van der Waals surface area contributed by atoms with Crippen LogP contribution >= 0.6 is 11.6 Å². The van der Waals surface area contributed by atoms with Gasteiger partial charge in [0.25, 0.3) is 0 Å². The summed E-state index contributed by atoms with van der Waals surface area (Å²) in [4.78, 5) is 13.1. The van der Waals surface area contributed by atoms with E-state index in [1.54, 1.807) is 7.11 Å². The summed E-state index contributed by atoms with van der Waals surface area (Å²) >= 11 is 6.55. The number of rotatable bonds is 5. The Labute approximate surface area is 147 Å². The lowest BCUT2D eigenvalue weighted by molar-refractivity contribution is 0.102. The molecule has 2 aromatic rings. The van der Waals surface area contributed by atoms with Crippen molar-refractivity contribution in [3.05, 3.63) is 89.0 Å². The van der Waals surface area contributed by atoms with E-state index in [4.69, 9.17) is 16.3 Å². The highest BCUT2D eigenvalue weighted by molar-refractivity contribution is 6.32. The van der Waals surface area contributed by atoms with Crippen molar-refractivity contribution in [3.8, 4) is 5.75 Å². The van der Waals surface area contributed by atoms with Crippen molar-refractivity contribution >= 4 is 17.4 Å². The molecule has 0 radical (unpaired) electrons. The SMILES string of the molecule is C=CCC1(CC=C)c2cccc(OC)c2C(=O)c2cccc(Cl)c21. The topological polar surface area (TPSA) is 26.3 Å². The Kier molecular flexibility index (Phi) is 4.33. The molecule has 3 heteroatoms. The van der Waals surface area contributed by atoms with Gasteiger partial charge in [-0.25, -0.2) is 0 Å². The molecule has 24 heavy (non-hydrogen) atoms. The van der Waals surface area contributed by atoms with Gasteiger partial charge in [-0.2, -0.15) is 0 Å². The highest BCUT2D eigenvalue weighted by atomic mass is 35.5. The van der Waals surface area contributed by atoms with Crippen molar-refractivity contribution in [3.63, 3.8) is 0 Å². The van der Waals surface area contributed by atoms with Crippen LogP contribution in [0.2, 0.25) is 5.02 Å².